The van der Waals surface area contributed by atoms with Crippen LogP contribution in [0, 0.1) is 5.92 Å². The number of aliphatic carboxylic acids is 1. The molecule has 0 radical (unpaired) electrons. The summed E-state index contributed by atoms with van der Waals surface area (Å²) in [6, 6.07) is 6.53. The predicted octanol–water partition coefficient (Wildman–Crippen LogP) is 1.71. The maximum atomic E-state index is 13.3. The van der Waals surface area contributed by atoms with Crippen LogP contribution in [0.1, 0.15) is 39.2 Å². The summed E-state index contributed by atoms with van der Waals surface area (Å²) >= 11 is 3.38. The van der Waals surface area contributed by atoms with E-state index in [-0.39, 0.29) is 5.92 Å². The molecule has 1 fully saturated rings. The van der Waals surface area contributed by atoms with Crippen molar-refractivity contribution in [2.45, 2.75) is 63.0 Å². The second-order valence-electron chi connectivity index (χ2n) is 8.10. The Morgan fingerprint density at radius 2 is 1.84 bits per heavy atom. The molecule has 3 N–H and O–H groups in total. The summed E-state index contributed by atoms with van der Waals surface area (Å²) in [4.78, 5) is 51.0. The van der Waals surface area contributed by atoms with Crippen molar-refractivity contribution in [3.05, 3.63) is 35.9 Å². The van der Waals surface area contributed by atoms with Crippen LogP contribution in [-0.4, -0.2) is 63.2 Å². The first-order valence-electron chi connectivity index (χ1n) is 10.4. The van der Waals surface area contributed by atoms with Crippen molar-refractivity contribution in [3.63, 3.8) is 0 Å². The first-order chi connectivity index (χ1) is 14.6. The van der Waals surface area contributed by atoms with E-state index in [1.165, 1.54) is 6.92 Å². The van der Waals surface area contributed by atoms with E-state index in [9.17, 15) is 24.3 Å². The number of nitrogens with zero attached hydrogens (tertiary/aromatic N) is 1. The van der Waals surface area contributed by atoms with Crippen LogP contribution in [0.5, 0.6) is 0 Å². The summed E-state index contributed by atoms with van der Waals surface area (Å²) in [7, 11) is 0. The predicted molar refractivity (Wildman–Crippen MR) is 120 cm³/mol. The number of benzene rings is 1. The summed E-state index contributed by atoms with van der Waals surface area (Å²) in [5.41, 5.74) is 0.909. The summed E-state index contributed by atoms with van der Waals surface area (Å²) in [6.07, 6.45) is 1.72. The lowest BCUT2D eigenvalue weighted by atomic mass is 10.0. The number of carboxylic acids is 1. The van der Waals surface area contributed by atoms with E-state index in [1.54, 1.807) is 13.8 Å². The molecule has 9 heteroatoms. The lowest BCUT2D eigenvalue weighted by Crippen LogP contribution is -2.59. The molecule has 1 saturated heterocycles. The summed E-state index contributed by atoms with van der Waals surface area (Å²) in [5, 5.41) is 14.9. The zero-order chi connectivity index (χ0) is 23.1. The molecular formula is C22H30BrN3O5. The van der Waals surface area contributed by atoms with E-state index < -0.39 is 46.6 Å². The van der Waals surface area contributed by atoms with Gasteiger partial charge in [0.05, 0.1) is 10.9 Å². The Bertz CT molecular complexity index is 796. The van der Waals surface area contributed by atoms with Gasteiger partial charge >= 0.3 is 5.97 Å². The van der Waals surface area contributed by atoms with Crippen molar-refractivity contribution in [2.75, 3.05) is 6.54 Å². The maximum Gasteiger partial charge on any atom is 0.326 e. The fourth-order valence-corrected chi connectivity index (χ4v) is 4.11. The van der Waals surface area contributed by atoms with Gasteiger partial charge in [0, 0.05) is 0 Å². The van der Waals surface area contributed by atoms with Crippen LogP contribution >= 0.6 is 15.9 Å². The van der Waals surface area contributed by atoms with E-state index in [0.29, 0.717) is 19.4 Å². The van der Waals surface area contributed by atoms with Crippen LogP contribution in [0.2, 0.25) is 0 Å². The largest absolute Gasteiger partial charge is 0.480 e. The van der Waals surface area contributed by atoms with E-state index >= 15 is 0 Å². The molecule has 4 atom stereocenters. The Hall–Kier alpha value is -2.26. The molecule has 8 nitrogen and oxygen atoms in total. The molecule has 170 valence electrons. The highest BCUT2D eigenvalue weighted by Crippen LogP contribution is 2.19. The van der Waals surface area contributed by atoms with Gasteiger partial charge in [-0.1, -0.05) is 60.1 Å². The van der Waals surface area contributed by atoms with Gasteiger partial charge in [0.15, 0.2) is 0 Å². The molecule has 0 unspecified atom stereocenters. The number of hydrogen-bond acceptors (Lipinski definition) is 5. The highest BCUT2D eigenvalue weighted by atomic mass is 79.9. The highest BCUT2D eigenvalue weighted by Gasteiger charge is 2.39. The fraction of sp³-hybridized carbons (Fsp3) is 0.545. The third-order valence-electron chi connectivity index (χ3n) is 5.36. The lowest BCUT2D eigenvalue weighted by molar-refractivity contribution is -0.153. The number of hydrogen-bond donors (Lipinski definition) is 3. The number of carbonyl (C=O) groups excluding carboxylic acids is 3. The first kappa shape index (κ1) is 25.0. The number of nitrogens with one attached hydrogen (secondary N) is 2. The minimum atomic E-state index is -1.17. The summed E-state index contributed by atoms with van der Waals surface area (Å²) in [6.45, 7) is 5.46. The van der Waals surface area contributed by atoms with Crippen molar-refractivity contribution >= 4 is 39.6 Å². The van der Waals surface area contributed by atoms with Crippen LogP contribution < -0.4 is 10.6 Å². The second-order valence-corrected chi connectivity index (χ2v) is 9.20. The minimum absolute atomic E-state index is 0.347. The van der Waals surface area contributed by atoms with Crippen molar-refractivity contribution in [1.29, 1.82) is 0 Å². The number of imide groups is 1. The molecule has 0 saturated carbocycles. The van der Waals surface area contributed by atoms with E-state index in [1.807, 2.05) is 30.3 Å². The summed E-state index contributed by atoms with van der Waals surface area (Å²) in [5.74, 6) is -3.20. The van der Waals surface area contributed by atoms with Gasteiger partial charge in [-0.15, -0.1) is 0 Å². The monoisotopic (exact) mass is 495 g/mol. The normalized spacial score (nSPS) is 18.8. The molecule has 1 aromatic carbocycles. The highest BCUT2D eigenvalue weighted by molar-refractivity contribution is 9.10. The van der Waals surface area contributed by atoms with Crippen LogP contribution in [-0.2, 0) is 25.6 Å². The van der Waals surface area contributed by atoms with E-state index in [2.05, 4.69) is 26.6 Å². The lowest BCUT2D eigenvalue weighted by Gasteiger charge is -2.31. The molecule has 0 bridgehead atoms. The third-order valence-corrected chi connectivity index (χ3v) is 6.07. The molecule has 3 amide bonds. The fourth-order valence-electron chi connectivity index (χ4n) is 3.52. The number of rotatable bonds is 9. The average molecular weight is 496 g/mol. The molecule has 0 aromatic heterocycles. The van der Waals surface area contributed by atoms with Gasteiger partial charge < -0.3 is 15.7 Å². The van der Waals surface area contributed by atoms with Gasteiger partial charge in [0.25, 0.3) is 0 Å². The molecule has 1 heterocycles. The van der Waals surface area contributed by atoms with Gasteiger partial charge in [-0.05, 0) is 44.2 Å². The summed E-state index contributed by atoms with van der Waals surface area (Å²) < 4.78 is 0. The Balaban J connectivity index is 2.24. The van der Waals surface area contributed by atoms with Crippen molar-refractivity contribution in [3.8, 4) is 0 Å². The maximum absolute atomic E-state index is 13.3. The molecular weight excluding hydrogens is 466 g/mol. The number of carbonyl (C=O) groups is 4. The standard InChI is InChI=1S/C22H30BrN3O5/c1-13(2)18(22(30)31)25-19(27)14(3)26(21(29)17-10-7-11-24-17)20(28)16(23)12-15-8-5-4-6-9-15/h4-6,8-9,13-14,16-18,24H,7,10-12H2,1-3H3,(H,25,27)(H,30,31)/t14-,16+,17-,18-/m0/s1. The molecule has 0 spiro atoms. The van der Waals surface area contributed by atoms with E-state index in [4.69, 9.17) is 0 Å². The Labute approximate surface area is 190 Å². The van der Waals surface area contributed by atoms with Crippen molar-refractivity contribution in [1.82, 2.24) is 15.5 Å². The topological polar surface area (TPSA) is 116 Å². The zero-order valence-electron chi connectivity index (χ0n) is 18.0. The van der Waals surface area contributed by atoms with Gasteiger partial charge in [0.1, 0.15) is 12.1 Å². The molecule has 0 aliphatic carbocycles. The van der Waals surface area contributed by atoms with Crippen LogP contribution in [0.15, 0.2) is 30.3 Å². The first-order valence-corrected chi connectivity index (χ1v) is 11.4. The van der Waals surface area contributed by atoms with Crippen LogP contribution in [0.3, 0.4) is 0 Å². The molecule has 1 aliphatic heterocycles. The smallest absolute Gasteiger partial charge is 0.326 e. The van der Waals surface area contributed by atoms with Gasteiger partial charge in [-0.3, -0.25) is 19.3 Å². The SMILES string of the molecule is CC(C)[C@H](NC(=O)[C@H](C)N(C(=O)[C@H](Br)Cc1ccccc1)C(=O)[C@@H]1CCCN1)C(=O)O. The number of amides is 3. The third kappa shape index (κ3) is 6.61. The van der Waals surface area contributed by atoms with E-state index in [0.717, 1.165) is 16.9 Å². The van der Waals surface area contributed by atoms with Gasteiger partial charge in [-0.2, -0.15) is 0 Å². The van der Waals surface area contributed by atoms with Crippen LogP contribution in [0.4, 0.5) is 0 Å². The zero-order valence-corrected chi connectivity index (χ0v) is 19.6. The Morgan fingerprint density at radius 1 is 1.19 bits per heavy atom. The minimum Gasteiger partial charge on any atom is -0.480 e. The molecule has 1 aliphatic rings. The Kier molecular flexibility index (Phi) is 9.18. The van der Waals surface area contributed by atoms with Gasteiger partial charge in [-0.25, -0.2) is 4.79 Å². The number of alkyl halides is 1. The quantitative estimate of drug-likeness (QED) is 0.449. The van der Waals surface area contributed by atoms with Crippen LogP contribution in [0.25, 0.3) is 0 Å². The molecule has 31 heavy (non-hydrogen) atoms. The molecule has 1 aromatic rings. The average Bonchev–Trinajstić information content (AvgIpc) is 3.26. The Morgan fingerprint density at radius 3 is 2.35 bits per heavy atom. The second kappa shape index (κ2) is 11.4. The van der Waals surface area contributed by atoms with Gasteiger partial charge in [0.2, 0.25) is 17.7 Å². The molecule has 2 rings (SSSR count). The van der Waals surface area contributed by atoms with Crippen molar-refractivity contribution < 1.29 is 24.3 Å². The number of carboxylic acid groups (broad SMARTS) is 1. The number of halogens is 1. The van der Waals surface area contributed by atoms with Crippen molar-refractivity contribution in [2.24, 2.45) is 5.92 Å².